The maximum atomic E-state index is 6.10. The lowest BCUT2D eigenvalue weighted by Crippen LogP contribution is -2.16. The molecular weight excluding hydrogens is 256 g/mol. The first kappa shape index (κ1) is 12.9. The molecule has 4 rings (SSSR count). The van der Waals surface area contributed by atoms with Gasteiger partial charge in [-0.1, -0.05) is 38.1 Å². The predicted octanol–water partition coefficient (Wildman–Crippen LogP) is 5.52. The Kier molecular flexibility index (Phi) is 2.69. The van der Waals surface area contributed by atoms with E-state index in [1.807, 2.05) is 0 Å². The van der Waals surface area contributed by atoms with Crippen LogP contribution in [0, 0.1) is 6.92 Å². The lowest BCUT2D eigenvalue weighted by atomic mass is 9.82. The number of allylic oxidation sites excluding steroid dienone is 2. The molecule has 0 aliphatic heterocycles. The zero-order valence-electron chi connectivity index (χ0n) is 13.1. The van der Waals surface area contributed by atoms with E-state index in [1.54, 1.807) is 5.57 Å². The quantitative estimate of drug-likeness (QED) is 0.618. The molecule has 0 bridgehead atoms. The predicted molar refractivity (Wildman–Crippen MR) is 87.3 cm³/mol. The molecule has 1 heteroatoms. The summed E-state index contributed by atoms with van der Waals surface area (Å²) in [5, 5.41) is 0. The molecule has 1 nitrogen and oxygen atoms in total. The van der Waals surface area contributed by atoms with Gasteiger partial charge in [-0.3, -0.25) is 0 Å². The number of rotatable bonds is 0. The second kappa shape index (κ2) is 4.37. The van der Waals surface area contributed by atoms with Gasteiger partial charge < -0.3 is 4.42 Å². The zero-order chi connectivity index (χ0) is 14.6. The summed E-state index contributed by atoms with van der Waals surface area (Å²) >= 11 is 0. The Hall–Kier alpha value is -1.76. The molecule has 2 aliphatic rings. The normalized spacial score (nSPS) is 19.6. The molecule has 0 fully saturated rings. The molecule has 21 heavy (non-hydrogen) atoms. The van der Waals surface area contributed by atoms with Gasteiger partial charge >= 0.3 is 0 Å². The number of benzene rings is 1. The standard InChI is InChI=1S/C20H22O/c1-13-12-18-16-9-8-14-6-4-5-7-15(14)17(16)10-11-20(2,3)19(18)21-13/h4-7,12H,8-11H2,1-3H3. The van der Waals surface area contributed by atoms with E-state index >= 15 is 0 Å². The van der Waals surface area contributed by atoms with Crippen molar-refractivity contribution in [2.45, 2.75) is 51.9 Å². The minimum Gasteiger partial charge on any atom is -0.465 e. The molecule has 0 saturated carbocycles. The molecule has 0 spiro atoms. The largest absolute Gasteiger partial charge is 0.465 e. The average Bonchev–Trinajstić information content (AvgIpc) is 2.83. The highest BCUT2D eigenvalue weighted by Gasteiger charge is 2.34. The van der Waals surface area contributed by atoms with Gasteiger partial charge in [0, 0.05) is 11.0 Å². The van der Waals surface area contributed by atoms with Gasteiger partial charge in [0.1, 0.15) is 11.5 Å². The number of furan rings is 1. The van der Waals surface area contributed by atoms with Crippen molar-refractivity contribution in [1.29, 1.82) is 0 Å². The molecule has 1 heterocycles. The topological polar surface area (TPSA) is 13.1 Å². The highest BCUT2D eigenvalue weighted by Crippen LogP contribution is 2.48. The summed E-state index contributed by atoms with van der Waals surface area (Å²) in [5.74, 6) is 2.24. The molecule has 1 aromatic heterocycles. The van der Waals surface area contributed by atoms with Gasteiger partial charge in [-0.2, -0.15) is 0 Å². The molecule has 0 atom stereocenters. The molecule has 0 amide bonds. The number of hydrogen-bond acceptors (Lipinski definition) is 1. The van der Waals surface area contributed by atoms with Gasteiger partial charge in [0.25, 0.3) is 0 Å². The lowest BCUT2D eigenvalue weighted by Gasteiger charge is -2.22. The monoisotopic (exact) mass is 278 g/mol. The van der Waals surface area contributed by atoms with Gasteiger partial charge in [-0.25, -0.2) is 0 Å². The molecular formula is C20H22O. The van der Waals surface area contributed by atoms with Crippen molar-refractivity contribution < 1.29 is 4.42 Å². The van der Waals surface area contributed by atoms with Crippen LogP contribution in [0.25, 0.3) is 11.1 Å². The first-order chi connectivity index (χ1) is 10.1. The van der Waals surface area contributed by atoms with Gasteiger partial charge in [0.05, 0.1) is 0 Å². The molecule has 0 N–H and O–H groups in total. The van der Waals surface area contributed by atoms with E-state index in [0.717, 1.165) is 31.4 Å². The van der Waals surface area contributed by atoms with Crippen molar-refractivity contribution in [3.05, 3.63) is 58.5 Å². The lowest BCUT2D eigenvalue weighted by molar-refractivity contribution is 0.359. The van der Waals surface area contributed by atoms with E-state index < -0.39 is 0 Å². The minimum atomic E-state index is 0.121. The number of aryl methyl sites for hydroxylation is 2. The summed E-state index contributed by atoms with van der Waals surface area (Å²) in [5.41, 5.74) is 7.57. The van der Waals surface area contributed by atoms with Crippen molar-refractivity contribution in [1.82, 2.24) is 0 Å². The molecule has 108 valence electrons. The van der Waals surface area contributed by atoms with Crippen LogP contribution in [-0.4, -0.2) is 0 Å². The fraction of sp³-hybridized carbons (Fsp3) is 0.400. The zero-order valence-corrected chi connectivity index (χ0v) is 13.1. The molecule has 0 radical (unpaired) electrons. The summed E-state index contributed by atoms with van der Waals surface area (Å²) in [4.78, 5) is 0. The Balaban J connectivity index is 1.97. The highest BCUT2D eigenvalue weighted by molar-refractivity contribution is 5.94. The summed E-state index contributed by atoms with van der Waals surface area (Å²) < 4.78 is 6.10. The van der Waals surface area contributed by atoms with E-state index in [9.17, 15) is 0 Å². The fourth-order valence-corrected chi connectivity index (χ4v) is 3.98. The van der Waals surface area contributed by atoms with Crippen LogP contribution in [-0.2, 0) is 11.8 Å². The van der Waals surface area contributed by atoms with Crippen molar-refractivity contribution >= 4 is 11.1 Å². The third kappa shape index (κ3) is 1.91. The molecule has 2 aliphatic carbocycles. The van der Waals surface area contributed by atoms with Crippen LogP contribution in [0.5, 0.6) is 0 Å². The maximum Gasteiger partial charge on any atom is 0.117 e. The third-order valence-electron chi connectivity index (χ3n) is 5.15. The highest BCUT2D eigenvalue weighted by atomic mass is 16.3. The van der Waals surface area contributed by atoms with Crippen LogP contribution in [0.2, 0.25) is 0 Å². The number of hydrogen-bond donors (Lipinski definition) is 0. The maximum absolute atomic E-state index is 6.10. The van der Waals surface area contributed by atoms with E-state index in [-0.39, 0.29) is 5.41 Å². The van der Waals surface area contributed by atoms with E-state index in [4.69, 9.17) is 4.42 Å². The summed E-state index contributed by atoms with van der Waals surface area (Å²) in [6, 6.07) is 11.2. The third-order valence-corrected chi connectivity index (χ3v) is 5.15. The SMILES string of the molecule is Cc1cc2c(o1)C(C)(C)CCC1=C2CCc2ccccc21. The molecule has 0 saturated heterocycles. The van der Waals surface area contributed by atoms with E-state index in [0.29, 0.717) is 0 Å². The smallest absolute Gasteiger partial charge is 0.117 e. The first-order valence-electron chi connectivity index (χ1n) is 7.98. The Bertz CT molecular complexity index is 743. The van der Waals surface area contributed by atoms with Crippen LogP contribution < -0.4 is 0 Å². The Morgan fingerprint density at radius 3 is 2.57 bits per heavy atom. The summed E-state index contributed by atoms with van der Waals surface area (Å²) in [6.45, 7) is 6.71. The van der Waals surface area contributed by atoms with Crippen molar-refractivity contribution in [3.63, 3.8) is 0 Å². The van der Waals surface area contributed by atoms with Crippen molar-refractivity contribution in [2.75, 3.05) is 0 Å². The molecule has 1 aromatic carbocycles. The fourth-order valence-electron chi connectivity index (χ4n) is 3.98. The van der Waals surface area contributed by atoms with Crippen LogP contribution in [0.1, 0.15) is 61.3 Å². The second-order valence-electron chi connectivity index (χ2n) is 7.10. The van der Waals surface area contributed by atoms with Crippen LogP contribution in [0.3, 0.4) is 0 Å². The Morgan fingerprint density at radius 1 is 0.952 bits per heavy atom. The summed E-state index contributed by atoms with van der Waals surface area (Å²) in [7, 11) is 0. The van der Waals surface area contributed by atoms with E-state index in [1.165, 1.54) is 28.0 Å². The van der Waals surface area contributed by atoms with Crippen molar-refractivity contribution in [2.24, 2.45) is 0 Å². The number of fused-ring (bicyclic) bond motifs is 4. The van der Waals surface area contributed by atoms with Crippen LogP contribution in [0.15, 0.2) is 34.7 Å². The van der Waals surface area contributed by atoms with Gasteiger partial charge in [-0.15, -0.1) is 0 Å². The Morgan fingerprint density at radius 2 is 1.71 bits per heavy atom. The van der Waals surface area contributed by atoms with Crippen molar-refractivity contribution in [3.8, 4) is 0 Å². The van der Waals surface area contributed by atoms with E-state index in [2.05, 4.69) is 51.1 Å². The van der Waals surface area contributed by atoms with Crippen LogP contribution in [0.4, 0.5) is 0 Å². The Labute approximate surface area is 126 Å². The van der Waals surface area contributed by atoms with Crippen LogP contribution >= 0.6 is 0 Å². The van der Waals surface area contributed by atoms with Gasteiger partial charge in [0.2, 0.25) is 0 Å². The first-order valence-corrected chi connectivity index (χ1v) is 7.98. The second-order valence-corrected chi connectivity index (χ2v) is 7.10. The summed E-state index contributed by atoms with van der Waals surface area (Å²) in [6.07, 6.45) is 4.61. The molecule has 0 unspecified atom stereocenters. The van der Waals surface area contributed by atoms with Gasteiger partial charge in [-0.05, 0) is 60.9 Å². The average molecular weight is 278 g/mol. The van der Waals surface area contributed by atoms with Gasteiger partial charge in [0.15, 0.2) is 0 Å². The minimum absolute atomic E-state index is 0.121. The molecule has 2 aromatic rings.